The van der Waals surface area contributed by atoms with Crippen LogP contribution in [0.4, 0.5) is 0 Å². The molecule has 0 unspecified atom stereocenters. The zero-order chi connectivity index (χ0) is 6.85. The molecule has 50 valence electrons. The van der Waals surface area contributed by atoms with Gasteiger partial charge in [0.1, 0.15) is 0 Å². The molecule has 1 heterocycles. The third-order valence-corrected chi connectivity index (χ3v) is 1.15. The molecule has 1 aromatic heterocycles. The lowest BCUT2D eigenvalue weighted by Gasteiger charge is -1.93. The first kappa shape index (κ1) is 6.29. The molecule has 0 radical (unpaired) electrons. The zero-order valence-electron chi connectivity index (χ0n) is 5.55. The number of aromatic nitrogens is 2. The molecule has 0 aliphatic rings. The number of rotatable bonds is 1. The van der Waals surface area contributed by atoms with Crippen molar-refractivity contribution in [1.82, 2.24) is 10.2 Å². The quantitative estimate of drug-likeness (QED) is 0.584. The fourth-order valence-corrected chi connectivity index (χ4v) is 0.653. The molecule has 1 rings (SSSR count). The Morgan fingerprint density at radius 2 is 2.44 bits per heavy atom. The monoisotopic (exact) mass is 126 g/mol. The molecule has 0 saturated carbocycles. The third kappa shape index (κ3) is 1.29. The molecule has 1 atom stereocenters. The van der Waals surface area contributed by atoms with Crippen LogP contribution in [0.3, 0.4) is 0 Å². The van der Waals surface area contributed by atoms with Crippen LogP contribution in [0.15, 0.2) is 6.07 Å². The molecule has 0 amide bonds. The maximum atomic E-state index is 8.95. The molecule has 9 heavy (non-hydrogen) atoms. The maximum Gasteiger partial charge on any atom is 0.0950 e. The largest absolute Gasteiger partial charge is 0.387 e. The molecule has 0 fully saturated rings. The van der Waals surface area contributed by atoms with E-state index in [1.807, 2.05) is 13.0 Å². The van der Waals surface area contributed by atoms with E-state index < -0.39 is 6.10 Å². The van der Waals surface area contributed by atoms with Crippen molar-refractivity contribution < 1.29 is 5.11 Å². The second-order valence-electron chi connectivity index (χ2n) is 2.15. The van der Waals surface area contributed by atoms with Crippen LogP contribution in [0.1, 0.15) is 24.4 Å². The van der Waals surface area contributed by atoms with Crippen molar-refractivity contribution in [3.05, 3.63) is 17.5 Å². The van der Waals surface area contributed by atoms with E-state index in [0.717, 1.165) is 5.69 Å². The highest BCUT2D eigenvalue weighted by atomic mass is 16.3. The highest BCUT2D eigenvalue weighted by Gasteiger charge is 2.02. The smallest absolute Gasteiger partial charge is 0.0950 e. The van der Waals surface area contributed by atoms with Crippen LogP contribution in [-0.4, -0.2) is 15.3 Å². The summed E-state index contributed by atoms with van der Waals surface area (Å²) in [4.78, 5) is 0. The predicted molar refractivity (Wildman–Crippen MR) is 34.0 cm³/mol. The van der Waals surface area contributed by atoms with Crippen LogP contribution in [-0.2, 0) is 0 Å². The van der Waals surface area contributed by atoms with Gasteiger partial charge in [-0.3, -0.25) is 5.10 Å². The van der Waals surface area contributed by atoms with E-state index in [2.05, 4.69) is 10.2 Å². The number of hydrogen-bond acceptors (Lipinski definition) is 2. The summed E-state index contributed by atoms with van der Waals surface area (Å²) < 4.78 is 0. The van der Waals surface area contributed by atoms with Crippen molar-refractivity contribution in [2.45, 2.75) is 20.0 Å². The van der Waals surface area contributed by atoms with Gasteiger partial charge in [-0.2, -0.15) is 5.10 Å². The van der Waals surface area contributed by atoms with Gasteiger partial charge in [0.2, 0.25) is 0 Å². The fraction of sp³-hybridized carbons (Fsp3) is 0.500. The van der Waals surface area contributed by atoms with Crippen LogP contribution in [0.2, 0.25) is 0 Å². The number of aryl methyl sites for hydroxylation is 1. The van der Waals surface area contributed by atoms with Gasteiger partial charge in [-0.05, 0) is 19.9 Å². The minimum Gasteiger partial charge on any atom is -0.387 e. The lowest BCUT2D eigenvalue weighted by molar-refractivity contribution is 0.194. The summed E-state index contributed by atoms with van der Waals surface area (Å²) in [5, 5.41) is 15.5. The molecule has 0 aromatic carbocycles. The van der Waals surface area contributed by atoms with E-state index in [1.165, 1.54) is 0 Å². The van der Waals surface area contributed by atoms with E-state index in [4.69, 9.17) is 5.11 Å². The Morgan fingerprint density at radius 1 is 1.78 bits per heavy atom. The first-order valence-electron chi connectivity index (χ1n) is 2.90. The number of aliphatic hydroxyl groups excluding tert-OH is 1. The fourth-order valence-electron chi connectivity index (χ4n) is 0.653. The van der Waals surface area contributed by atoms with E-state index >= 15 is 0 Å². The summed E-state index contributed by atoms with van der Waals surface area (Å²) in [7, 11) is 0. The van der Waals surface area contributed by atoms with Crippen molar-refractivity contribution in [3.8, 4) is 0 Å². The molecular weight excluding hydrogens is 116 g/mol. The van der Waals surface area contributed by atoms with Gasteiger partial charge in [-0.25, -0.2) is 0 Å². The van der Waals surface area contributed by atoms with Gasteiger partial charge in [-0.15, -0.1) is 0 Å². The SMILES string of the molecule is Cc1cc([C@@H](C)O)n[nH]1. The van der Waals surface area contributed by atoms with E-state index in [0.29, 0.717) is 5.69 Å². The van der Waals surface area contributed by atoms with Crippen molar-refractivity contribution in [3.63, 3.8) is 0 Å². The number of aliphatic hydroxyl groups is 1. The van der Waals surface area contributed by atoms with Gasteiger partial charge in [-0.1, -0.05) is 0 Å². The summed E-state index contributed by atoms with van der Waals surface area (Å²) in [5.41, 5.74) is 1.68. The molecule has 0 aliphatic heterocycles. The molecule has 1 aromatic rings. The molecule has 0 bridgehead atoms. The summed E-state index contributed by atoms with van der Waals surface area (Å²) in [6.45, 7) is 3.59. The van der Waals surface area contributed by atoms with Crippen LogP contribution < -0.4 is 0 Å². The number of aromatic amines is 1. The molecule has 2 N–H and O–H groups in total. The van der Waals surface area contributed by atoms with Gasteiger partial charge >= 0.3 is 0 Å². The molecule has 3 heteroatoms. The first-order chi connectivity index (χ1) is 4.20. The topological polar surface area (TPSA) is 48.9 Å². The van der Waals surface area contributed by atoms with Crippen LogP contribution in [0.25, 0.3) is 0 Å². The maximum absolute atomic E-state index is 8.95. The number of nitrogens with zero attached hydrogens (tertiary/aromatic N) is 1. The van der Waals surface area contributed by atoms with Crippen molar-refractivity contribution >= 4 is 0 Å². The van der Waals surface area contributed by atoms with Crippen molar-refractivity contribution in [2.75, 3.05) is 0 Å². The molecule has 3 nitrogen and oxygen atoms in total. The minimum atomic E-state index is -0.463. The Hall–Kier alpha value is -0.830. The summed E-state index contributed by atoms with van der Waals surface area (Å²) >= 11 is 0. The molecular formula is C6H10N2O. The van der Waals surface area contributed by atoms with Gasteiger partial charge in [0.05, 0.1) is 11.8 Å². The van der Waals surface area contributed by atoms with Crippen molar-refractivity contribution in [2.24, 2.45) is 0 Å². The first-order valence-corrected chi connectivity index (χ1v) is 2.90. The standard InChI is InChI=1S/C6H10N2O/c1-4-3-6(5(2)9)8-7-4/h3,5,9H,1-2H3,(H,7,8)/t5-/m1/s1. The van der Waals surface area contributed by atoms with Crippen molar-refractivity contribution in [1.29, 1.82) is 0 Å². The van der Waals surface area contributed by atoms with Gasteiger partial charge in [0, 0.05) is 5.69 Å². The molecule has 0 spiro atoms. The molecule has 0 aliphatic carbocycles. The van der Waals surface area contributed by atoms with Gasteiger partial charge < -0.3 is 5.11 Å². The Bertz CT molecular complexity index is 193. The number of nitrogens with one attached hydrogen (secondary N) is 1. The Balaban J connectivity index is 2.85. The summed E-state index contributed by atoms with van der Waals surface area (Å²) in [5.74, 6) is 0. The molecule has 0 saturated heterocycles. The second kappa shape index (κ2) is 2.19. The Kier molecular flexibility index (Phi) is 1.53. The Labute approximate surface area is 53.7 Å². The van der Waals surface area contributed by atoms with Crippen LogP contribution >= 0.6 is 0 Å². The highest BCUT2D eigenvalue weighted by Crippen LogP contribution is 2.07. The van der Waals surface area contributed by atoms with E-state index in [1.54, 1.807) is 6.92 Å². The Morgan fingerprint density at radius 3 is 2.67 bits per heavy atom. The van der Waals surface area contributed by atoms with E-state index in [9.17, 15) is 0 Å². The average molecular weight is 126 g/mol. The lowest BCUT2D eigenvalue weighted by Crippen LogP contribution is -1.89. The number of H-pyrrole nitrogens is 1. The predicted octanol–water partition coefficient (Wildman–Crippen LogP) is 0.771. The van der Waals surface area contributed by atoms with Crippen LogP contribution in [0, 0.1) is 6.92 Å². The minimum absolute atomic E-state index is 0.463. The van der Waals surface area contributed by atoms with E-state index in [-0.39, 0.29) is 0 Å². The zero-order valence-corrected chi connectivity index (χ0v) is 5.55. The second-order valence-corrected chi connectivity index (χ2v) is 2.15. The normalized spacial score (nSPS) is 13.7. The third-order valence-electron chi connectivity index (χ3n) is 1.15. The lowest BCUT2D eigenvalue weighted by atomic mass is 10.3. The average Bonchev–Trinajstić information content (AvgIpc) is 2.14. The van der Waals surface area contributed by atoms with Crippen LogP contribution in [0.5, 0.6) is 0 Å². The highest BCUT2D eigenvalue weighted by molar-refractivity contribution is 5.08. The van der Waals surface area contributed by atoms with Gasteiger partial charge in [0.25, 0.3) is 0 Å². The van der Waals surface area contributed by atoms with Gasteiger partial charge in [0.15, 0.2) is 0 Å². The summed E-state index contributed by atoms with van der Waals surface area (Å²) in [6, 6.07) is 1.82. The number of hydrogen-bond donors (Lipinski definition) is 2. The summed E-state index contributed by atoms with van der Waals surface area (Å²) in [6.07, 6.45) is -0.463.